The number of hydrogen-bond donors (Lipinski definition) is 1. The molecule has 27 heavy (non-hydrogen) atoms. The number of nitrogens with one attached hydrogen (secondary N) is 1. The Labute approximate surface area is 161 Å². The maximum atomic E-state index is 12.6. The summed E-state index contributed by atoms with van der Waals surface area (Å²) in [6.07, 6.45) is 2.59. The minimum Gasteiger partial charge on any atom is -0.369 e. The minimum atomic E-state index is -0.157. The quantitative estimate of drug-likeness (QED) is 0.811. The van der Waals surface area contributed by atoms with Gasteiger partial charge in [-0.25, -0.2) is 0 Å². The fourth-order valence-electron chi connectivity index (χ4n) is 4.36. The second kappa shape index (κ2) is 7.18. The summed E-state index contributed by atoms with van der Waals surface area (Å²) in [5.74, 6) is 1.76. The average molecular weight is 377 g/mol. The second-order valence-electron chi connectivity index (χ2n) is 8.99. The van der Waals surface area contributed by atoms with Crippen molar-refractivity contribution in [1.82, 2.24) is 20.3 Å². The van der Waals surface area contributed by atoms with Crippen LogP contribution in [0.5, 0.6) is 0 Å². The number of hydrogen-bond acceptors (Lipinski definition) is 6. The van der Waals surface area contributed by atoms with Crippen LogP contribution in [-0.4, -0.2) is 71.3 Å². The topological polar surface area (TPSA) is 70.8 Å². The molecule has 1 aromatic heterocycles. The van der Waals surface area contributed by atoms with Crippen LogP contribution in [-0.2, 0) is 16.1 Å². The van der Waals surface area contributed by atoms with Crippen LogP contribution in [0.25, 0.3) is 0 Å². The van der Waals surface area contributed by atoms with Crippen LogP contribution >= 0.6 is 0 Å². The summed E-state index contributed by atoms with van der Waals surface area (Å²) < 4.78 is 11.6. The monoisotopic (exact) mass is 376 g/mol. The molecule has 1 amide bonds. The van der Waals surface area contributed by atoms with Gasteiger partial charge >= 0.3 is 0 Å². The van der Waals surface area contributed by atoms with Crippen LogP contribution < -0.4 is 5.32 Å². The molecule has 2 saturated heterocycles. The lowest BCUT2D eigenvalue weighted by Gasteiger charge is -2.55. The molecule has 1 N–H and O–H groups in total. The van der Waals surface area contributed by atoms with E-state index in [1.54, 1.807) is 0 Å². The van der Waals surface area contributed by atoms with Crippen molar-refractivity contribution in [1.29, 1.82) is 0 Å². The van der Waals surface area contributed by atoms with Crippen molar-refractivity contribution in [2.75, 3.05) is 32.8 Å². The molecule has 3 heterocycles. The van der Waals surface area contributed by atoms with E-state index >= 15 is 0 Å². The summed E-state index contributed by atoms with van der Waals surface area (Å²) in [6.45, 7) is 13.0. The Morgan fingerprint density at radius 1 is 1.30 bits per heavy atom. The minimum absolute atomic E-state index is 0.104. The molecule has 1 saturated carbocycles. The highest BCUT2D eigenvalue weighted by Crippen LogP contribution is 2.36. The third-order valence-corrected chi connectivity index (χ3v) is 5.99. The van der Waals surface area contributed by atoms with Crippen molar-refractivity contribution in [3.8, 4) is 0 Å². The SMILES string of the molecule is Cc1noc(C)c1CN1CC2(C1)CN(CC1CC1)[C@@H](C(=O)NC(C)C)CO2. The standard InChI is InChI=1S/C20H32N4O3/c1-13(2)21-19(25)18-9-26-20(12-24(18)7-16-5-6-16)10-23(11-20)8-17-14(3)22-27-15(17)4/h13,16,18H,5-12H2,1-4H3,(H,21,25)/t18-/m1/s1. The third kappa shape index (κ3) is 4.05. The Balaban J connectivity index is 1.37. The van der Waals surface area contributed by atoms with E-state index in [1.165, 1.54) is 18.4 Å². The van der Waals surface area contributed by atoms with Gasteiger partial charge in [0.1, 0.15) is 17.4 Å². The first-order valence-electron chi connectivity index (χ1n) is 10.2. The predicted octanol–water partition coefficient (Wildman–Crippen LogP) is 1.48. The Morgan fingerprint density at radius 3 is 2.63 bits per heavy atom. The molecule has 0 unspecified atom stereocenters. The normalized spacial score (nSPS) is 25.7. The highest BCUT2D eigenvalue weighted by molar-refractivity contribution is 5.82. The number of rotatable bonds is 6. The number of aromatic nitrogens is 1. The predicted molar refractivity (Wildman–Crippen MR) is 101 cm³/mol. The van der Waals surface area contributed by atoms with Gasteiger partial charge in [-0.2, -0.15) is 0 Å². The van der Waals surface area contributed by atoms with Gasteiger partial charge in [0.15, 0.2) is 0 Å². The summed E-state index contributed by atoms with van der Waals surface area (Å²) >= 11 is 0. The van der Waals surface area contributed by atoms with Crippen molar-refractivity contribution < 1.29 is 14.1 Å². The van der Waals surface area contributed by atoms with Gasteiger partial charge in [0, 0.05) is 44.3 Å². The smallest absolute Gasteiger partial charge is 0.239 e. The van der Waals surface area contributed by atoms with Crippen molar-refractivity contribution in [3.63, 3.8) is 0 Å². The molecule has 7 heteroatoms. The maximum Gasteiger partial charge on any atom is 0.239 e. The number of carbonyl (C=O) groups is 1. The third-order valence-electron chi connectivity index (χ3n) is 5.99. The molecule has 1 aromatic rings. The van der Waals surface area contributed by atoms with Crippen molar-refractivity contribution in [3.05, 3.63) is 17.0 Å². The van der Waals surface area contributed by atoms with Crippen LogP contribution in [0.15, 0.2) is 4.52 Å². The Morgan fingerprint density at radius 2 is 2.04 bits per heavy atom. The van der Waals surface area contributed by atoms with E-state index in [2.05, 4.69) is 20.3 Å². The highest BCUT2D eigenvalue weighted by Gasteiger charge is 2.51. The van der Waals surface area contributed by atoms with Gasteiger partial charge in [-0.1, -0.05) is 5.16 Å². The summed E-state index contributed by atoms with van der Waals surface area (Å²) in [5.41, 5.74) is 2.02. The molecule has 3 aliphatic rings. The molecular formula is C20H32N4O3. The molecular weight excluding hydrogens is 344 g/mol. The molecule has 4 rings (SSSR count). The van der Waals surface area contributed by atoms with Gasteiger partial charge < -0.3 is 14.6 Å². The Kier molecular flexibility index (Phi) is 5.03. The summed E-state index contributed by atoms with van der Waals surface area (Å²) in [5, 5.41) is 7.11. The van der Waals surface area contributed by atoms with E-state index in [0.29, 0.717) is 6.61 Å². The molecule has 2 aliphatic heterocycles. The van der Waals surface area contributed by atoms with Crippen molar-refractivity contribution >= 4 is 5.91 Å². The molecule has 7 nitrogen and oxygen atoms in total. The summed E-state index contributed by atoms with van der Waals surface area (Å²) in [7, 11) is 0. The van der Waals surface area contributed by atoms with E-state index in [-0.39, 0.29) is 23.6 Å². The summed E-state index contributed by atoms with van der Waals surface area (Å²) in [4.78, 5) is 17.4. The first kappa shape index (κ1) is 18.9. The van der Waals surface area contributed by atoms with Crippen LogP contribution in [0.3, 0.4) is 0 Å². The van der Waals surface area contributed by atoms with E-state index < -0.39 is 0 Å². The van der Waals surface area contributed by atoms with Gasteiger partial charge in [-0.3, -0.25) is 14.6 Å². The van der Waals surface area contributed by atoms with Crippen LogP contribution in [0.4, 0.5) is 0 Å². The largest absolute Gasteiger partial charge is 0.369 e. The number of nitrogens with zero attached hydrogens (tertiary/aromatic N) is 3. The average Bonchev–Trinajstić information content (AvgIpc) is 3.33. The van der Waals surface area contributed by atoms with Crippen molar-refractivity contribution in [2.24, 2.45) is 5.92 Å². The fraction of sp³-hybridized carbons (Fsp3) is 0.800. The van der Waals surface area contributed by atoms with Crippen molar-refractivity contribution in [2.45, 2.75) is 64.8 Å². The maximum absolute atomic E-state index is 12.6. The Hall–Kier alpha value is -1.44. The van der Waals surface area contributed by atoms with Gasteiger partial charge in [0.25, 0.3) is 0 Å². The van der Waals surface area contributed by atoms with Crippen LogP contribution in [0.2, 0.25) is 0 Å². The zero-order chi connectivity index (χ0) is 19.2. The number of morpholine rings is 1. The first-order chi connectivity index (χ1) is 12.8. The molecule has 150 valence electrons. The fourth-order valence-corrected chi connectivity index (χ4v) is 4.36. The lowest BCUT2D eigenvalue weighted by molar-refractivity contribution is -0.203. The van der Waals surface area contributed by atoms with E-state index in [1.807, 2.05) is 27.7 Å². The Bertz CT molecular complexity index is 672. The molecule has 1 aliphatic carbocycles. The first-order valence-corrected chi connectivity index (χ1v) is 10.2. The van der Waals surface area contributed by atoms with E-state index in [4.69, 9.17) is 9.26 Å². The molecule has 0 radical (unpaired) electrons. The highest BCUT2D eigenvalue weighted by atomic mass is 16.5. The van der Waals surface area contributed by atoms with Gasteiger partial charge in [-0.15, -0.1) is 0 Å². The van der Waals surface area contributed by atoms with E-state index in [0.717, 1.165) is 50.1 Å². The van der Waals surface area contributed by atoms with Crippen LogP contribution in [0, 0.1) is 19.8 Å². The summed E-state index contributed by atoms with van der Waals surface area (Å²) in [6, 6.07) is 0.000595. The number of ether oxygens (including phenoxy) is 1. The van der Waals surface area contributed by atoms with Crippen LogP contribution in [0.1, 0.15) is 43.7 Å². The molecule has 0 aromatic carbocycles. The molecule has 1 spiro atoms. The molecule has 1 atom stereocenters. The molecule has 3 fully saturated rings. The van der Waals surface area contributed by atoms with Gasteiger partial charge in [0.05, 0.1) is 12.3 Å². The van der Waals surface area contributed by atoms with Gasteiger partial charge in [-0.05, 0) is 46.5 Å². The zero-order valence-corrected chi connectivity index (χ0v) is 17.0. The number of amides is 1. The zero-order valence-electron chi connectivity index (χ0n) is 17.0. The second-order valence-corrected chi connectivity index (χ2v) is 8.99. The van der Waals surface area contributed by atoms with Gasteiger partial charge in [0.2, 0.25) is 5.91 Å². The lowest BCUT2D eigenvalue weighted by atomic mass is 9.89. The number of aryl methyl sites for hydroxylation is 2. The lowest BCUT2D eigenvalue weighted by Crippen LogP contribution is -2.72. The van der Waals surface area contributed by atoms with E-state index in [9.17, 15) is 4.79 Å². The number of carbonyl (C=O) groups excluding carboxylic acids is 1. The number of likely N-dealkylation sites (tertiary alicyclic amines) is 1. The molecule has 0 bridgehead atoms.